The molecule has 0 aromatic heterocycles. The Bertz CT molecular complexity index is 441. The topological polar surface area (TPSA) is 32.3 Å². The number of hydrogen-bond donors (Lipinski definition) is 1. The summed E-state index contributed by atoms with van der Waals surface area (Å²) in [5.41, 5.74) is 0.591. The Morgan fingerprint density at radius 2 is 2.11 bits per heavy atom. The molecule has 0 saturated carbocycles. The van der Waals surface area contributed by atoms with Crippen LogP contribution in [0.15, 0.2) is 22.7 Å². The summed E-state index contributed by atoms with van der Waals surface area (Å²) < 4.78 is 0.817. The average molecular weight is 346 g/mol. The zero-order valence-corrected chi connectivity index (χ0v) is 13.3. The number of rotatable bonds is 4. The maximum Gasteiger partial charge on any atom is 0.251 e. The number of nitrogens with one attached hydrogen (secondary N) is 1. The van der Waals surface area contributed by atoms with Gasteiger partial charge in [-0.3, -0.25) is 9.69 Å². The van der Waals surface area contributed by atoms with E-state index >= 15 is 0 Å². The summed E-state index contributed by atoms with van der Waals surface area (Å²) in [6.07, 6.45) is 2.53. The Labute approximate surface area is 127 Å². The minimum atomic E-state index is -0.0748. The van der Waals surface area contributed by atoms with Crippen LogP contribution < -0.4 is 5.32 Å². The minimum absolute atomic E-state index is 0.0748. The fourth-order valence-electron chi connectivity index (χ4n) is 2.34. The average Bonchev–Trinajstić information content (AvgIpc) is 2.88. The molecule has 5 heteroatoms. The number of benzene rings is 1. The van der Waals surface area contributed by atoms with E-state index in [4.69, 9.17) is 11.6 Å². The van der Waals surface area contributed by atoms with Crippen LogP contribution in [0.2, 0.25) is 5.02 Å². The lowest BCUT2D eigenvalue weighted by atomic mass is 10.2. The maximum absolute atomic E-state index is 12.1. The molecule has 1 fully saturated rings. The van der Waals surface area contributed by atoms with Gasteiger partial charge in [0.2, 0.25) is 0 Å². The Hall–Kier alpha value is -0.580. The van der Waals surface area contributed by atoms with Crippen LogP contribution in [0.3, 0.4) is 0 Å². The largest absolute Gasteiger partial charge is 0.350 e. The molecule has 0 spiro atoms. The fraction of sp³-hybridized carbons (Fsp3) is 0.500. The molecule has 1 unspecified atom stereocenters. The molecule has 19 heavy (non-hydrogen) atoms. The third-order valence-electron chi connectivity index (χ3n) is 3.45. The highest BCUT2D eigenvalue weighted by Gasteiger charge is 2.18. The lowest BCUT2D eigenvalue weighted by Gasteiger charge is -2.23. The van der Waals surface area contributed by atoms with Crippen molar-refractivity contribution in [3.8, 4) is 0 Å². The van der Waals surface area contributed by atoms with Crippen molar-refractivity contribution in [1.82, 2.24) is 10.2 Å². The smallest absolute Gasteiger partial charge is 0.251 e. The molecule has 1 heterocycles. The monoisotopic (exact) mass is 344 g/mol. The summed E-state index contributed by atoms with van der Waals surface area (Å²) >= 11 is 9.28. The van der Waals surface area contributed by atoms with Crippen LogP contribution in [0.5, 0.6) is 0 Å². The van der Waals surface area contributed by atoms with Gasteiger partial charge in [0.25, 0.3) is 5.91 Å². The number of carbonyl (C=O) groups excluding carboxylic acids is 1. The Balaban J connectivity index is 1.89. The van der Waals surface area contributed by atoms with Gasteiger partial charge in [-0.15, -0.1) is 0 Å². The summed E-state index contributed by atoms with van der Waals surface area (Å²) in [5.74, 6) is -0.0748. The third-order valence-corrected chi connectivity index (χ3v) is 4.12. The zero-order valence-electron chi connectivity index (χ0n) is 11.0. The van der Waals surface area contributed by atoms with Gasteiger partial charge in [-0.2, -0.15) is 0 Å². The highest BCUT2D eigenvalue weighted by atomic mass is 79.9. The first kappa shape index (κ1) is 14.8. The number of likely N-dealkylation sites (tertiary alicyclic amines) is 1. The van der Waals surface area contributed by atoms with E-state index in [2.05, 4.69) is 33.1 Å². The lowest BCUT2D eigenvalue weighted by molar-refractivity contribution is 0.0940. The molecule has 2 rings (SSSR count). The standard InChI is InChI=1S/C14H18BrClN2O/c1-10(18-4-2-3-5-18)9-17-14(19)11-6-12(15)8-13(16)7-11/h6-8,10H,2-5,9H2,1H3,(H,17,19). The van der Waals surface area contributed by atoms with E-state index in [9.17, 15) is 4.79 Å². The highest BCUT2D eigenvalue weighted by Crippen LogP contribution is 2.19. The van der Waals surface area contributed by atoms with Gasteiger partial charge in [0.05, 0.1) is 0 Å². The van der Waals surface area contributed by atoms with E-state index in [0.717, 1.165) is 17.6 Å². The van der Waals surface area contributed by atoms with Crippen molar-refractivity contribution in [3.05, 3.63) is 33.3 Å². The number of halogens is 2. The first-order chi connectivity index (χ1) is 9.06. The second-order valence-electron chi connectivity index (χ2n) is 4.96. The van der Waals surface area contributed by atoms with Gasteiger partial charge in [0, 0.05) is 27.6 Å². The summed E-state index contributed by atoms with van der Waals surface area (Å²) in [6, 6.07) is 5.61. The van der Waals surface area contributed by atoms with Crippen molar-refractivity contribution in [1.29, 1.82) is 0 Å². The van der Waals surface area contributed by atoms with Gasteiger partial charge < -0.3 is 5.32 Å². The molecule has 0 aliphatic carbocycles. The predicted octanol–water partition coefficient (Wildman–Crippen LogP) is 3.32. The molecule has 1 N–H and O–H groups in total. The highest BCUT2D eigenvalue weighted by molar-refractivity contribution is 9.10. The van der Waals surface area contributed by atoms with E-state index in [1.54, 1.807) is 18.2 Å². The second-order valence-corrected chi connectivity index (χ2v) is 6.31. The Morgan fingerprint density at radius 3 is 2.74 bits per heavy atom. The maximum atomic E-state index is 12.1. The predicted molar refractivity (Wildman–Crippen MR) is 81.8 cm³/mol. The van der Waals surface area contributed by atoms with Crippen molar-refractivity contribution < 1.29 is 4.79 Å². The normalized spacial score (nSPS) is 17.4. The first-order valence-corrected chi connectivity index (χ1v) is 7.71. The summed E-state index contributed by atoms with van der Waals surface area (Å²) in [4.78, 5) is 14.5. The van der Waals surface area contributed by atoms with Gasteiger partial charge in [-0.05, 0) is 51.1 Å². The van der Waals surface area contributed by atoms with Crippen LogP contribution in [0.25, 0.3) is 0 Å². The molecule has 1 amide bonds. The summed E-state index contributed by atoms with van der Waals surface area (Å²) in [5, 5.41) is 3.53. The first-order valence-electron chi connectivity index (χ1n) is 6.54. The van der Waals surface area contributed by atoms with Crippen molar-refractivity contribution >= 4 is 33.4 Å². The SMILES string of the molecule is CC(CNC(=O)c1cc(Cl)cc(Br)c1)N1CCCC1. The van der Waals surface area contributed by atoms with Crippen molar-refractivity contribution in [2.75, 3.05) is 19.6 Å². The number of nitrogens with zero attached hydrogens (tertiary/aromatic N) is 1. The molecule has 1 aromatic carbocycles. The molecular formula is C14H18BrClN2O. The molecule has 1 aromatic rings. The summed E-state index contributed by atoms with van der Waals surface area (Å²) in [7, 11) is 0. The van der Waals surface area contributed by atoms with Crippen molar-refractivity contribution in [2.24, 2.45) is 0 Å². The summed E-state index contributed by atoms with van der Waals surface area (Å²) in [6.45, 7) is 5.10. The van der Waals surface area contributed by atoms with Crippen LogP contribution >= 0.6 is 27.5 Å². The van der Waals surface area contributed by atoms with Crippen LogP contribution in [-0.2, 0) is 0 Å². The van der Waals surface area contributed by atoms with Gasteiger partial charge in [-0.25, -0.2) is 0 Å². The second kappa shape index (κ2) is 6.73. The molecule has 1 saturated heterocycles. The Morgan fingerprint density at radius 1 is 1.42 bits per heavy atom. The molecule has 1 aliphatic heterocycles. The molecule has 1 atom stereocenters. The van der Waals surface area contributed by atoms with Crippen molar-refractivity contribution in [2.45, 2.75) is 25.8 Å². The van der Waals surface area contributed by atoms with Crippen LogP contribution in [0.1, 0.15) is 30.1 Å². The molecule has 1 aliphatic rings. The fourth-order valence-corrected chi connectivity index (χ4v) is 3.20. The number of hydrogen-bond acceptors (Lipinski definition) is 2. The van der Waals surface area contributed by atoms with Crippen LogP contribution in [-0.4, -0.2) is 36.5 Å². The molecule has 104 valence electrons. The zero-order chi connectivity index (χ0) is 13.8. The van der Waals surface area contributed by atoms with Gasteiger partial charge in [0.1, 0.15) is 0 Å². The van der Waals surface area contributed by atoms with E-state index in [-0.39, 0.29) is 5.91 Å². The Kier molecular flexibility index (Phi) is 5.25. The molecule has 0 radical (unpaired) electrons. The van der Waals surface area contributed by atoms with E-state index in [1.165, 1.54) is 12.8 Å². The van der Waals surface area contributed by atoms with Crippen LogP contribution in [0, 0.1) is 0 Å². The number of amides is 1. The van der Waals surface area contributed by atoms with Gasteiger partial charge >= 0.3 is 0 Å². The molecular weight excluding hydrogens is 328 g/mol. The van der Waals surface area contributed by atoms with Gasteiger partial charge in [0.15, 0.2) is 0 Å². The van der Waals surface area contributed by atoms with E-state index in [1.807, 2.05) is 0 Å². The number of carbonyl (C=O) groups is 1. The minimum Gasteiger partial charge on any atom is -0.350 e. The molecule has 0 bridgehead atoms. The molecule has 3 nitrogen and oxygen atoms in total. The van der Waals surface area contributed by atoms with E-state index < -0.39 is 0 Å². The van der Waals surface area contributed by atoms with Gasteiger partial charge in [-0.1, -0.05) is 27.5 Å². The van der Waals surface area contributed by atoms with Crippen LogP contribution in [0.4, 0.5) is 0 Å². The van der Waals surface area contributed by atoms with E-state index in [0.29, 0.717) is 23.2 Å². The third kappa shape index (κ3) is 4.20. The van der Waals surface area contributed by atoms with Crippen molar-refractivity contribution in [3.63, 3.8) is 0 Å². The quantitative estimate of drug-likeness (QED) is 0.908. The lowest BCUT2D eigenvalue weighted by Crippen LogP contribution is -2.40.